The van der Waals surface area contributed by atoms with Crippen molar-refractivity contribution in [3.8, 4) is 0 Å². The molecule has 0 amide bonds. The second kappa shape index (κ2) is 3.67. The van der Waals surface area contributed by atoms with Gasteiger partial charge in [-0.25, -0.2) is 0 Å². The average Bonchev–Trinajstić information content (AvgIpc) is 2.32. The quantitative estimate of drug-likeness (QED) is 0.728. The van der Waals surface area contributed by atoms with Crippen LogP contribution in [0.5, 0.6) is 0 Å². The standard InChI is InChI=1S/C8H16N4/c1-6(2)12-7(3)10-11-8(12)5-9-4/h6,9H,5H2,1-4H3. The second-order valence-corrected chi connectivity index (χ2v) is 3.16. The zero-order valence-corrected chi connectivity index (χ0v) is 8.13. The van der Waals surface area contributed by atoms with Crippen LogP contribution < -0.4 is 5.32 Å². The molecule has 0 radical (unpaired) electrons. The normalized spacial score (nSPS) is 11.1. The molecule has 1 rings (SSSR count). The van der Waals surface area contributed by atoms with Crippen molar-refractivity contribution < 1.29 is 0 Å². The lowest BCUT2D eigenvalue weighted by molar-refractivity contribution is 0.543. The number of nitrogens with zero attached hydrogens (tertiary/aromatic N) is 3. The lowest BCUT2D eigenvalue weighted by Gasteiger charge is -2.11. The number of nitrogens with one attached hydrogen (secondary N) is 1. The molecule has 0 spiro atoms. The number of aryl methyl sites for hydroxylation is 1. The minimum atomic E-state index is 0.434. The molecule has 0 fully saturated rings. The summed E-state index contributed by atoms with van der Waals surface area (Å²) in [5.74, 6) is 1.99. The van der Waals surface area contributed by atoms with E-state index in [0.29, 0.717) is 6.04 Å². The van der Waals surface area contributed by atoms with Gasteiger partial charge in [0.1, 0.15) is 11.6 Å². The molecule has 0 bridgehead atoms. The smallest absolute Gasteiger partial charge is 0.147 e. The molecule has 68 valence electrons. The lowest BCUT2D eigenvalue weighted by atomic mass is 10.3. The maximum Gasteiger partial charge on any atom is 0.147 e. The van der Waals surface area contributed by atoms with E-state index in [9.17, 15) is 0 Å². The number of hydrogen-bond acceptors (Lipinski definition) is 3. The van der Waals surface area contributed by atoms with E-state index in [1.807, 2.05) is 14.0 Å². The Morgan fingerprint density at radius 3 is 2.58 bits per heavy atom. The Balaban J connectivity index is 2.95. The molecule has 0 saturated carbocycles. The molecule has 0 atom stereocenters. The van der Waals surface area contributed by atoms with Gasteiger partial charge in [0, 0.05) is 6.04 Å². The Labute approximate surface area is 73.0 Å². The Morgan fingerprint density at radius 2 is 2.08 bits per heavy atom. The van der Waals surface area contributed by atoms with E-state index in [1.165, 1.54) is 0 Å². The highest BCUT2D eigenvalue weighted by Crippen LogP contribution is 2.09. The predicted molar refractivity (Wildman–Crippen MR) is 47.9 cm³/mol. The van der Waals surface area contributed by atoms with Gasteiger partial charge in [-0.3, -0.25) is 0 Å². The minimum Gasteiger partial charge on any atom is -0.313 e. The molecule has 12 heavy (non-hydrogen) atoms. The van der Waals surface area contributed by atoms with Crippen molar-refractivity contribution in [2.45, 2.75) is 33.4 Å². The Bertz CT molecular complexity index is 252. The van der Waals surface area contributed by atoms with Gasteiger partial charge in [0.25, 0.3) is 0 Å². The van der Waals surface area contributed by atoms with Gasteiger partial charge in [0.05, 0.1) is 6.54 Å². The van der Waals surface area contributed by atoms with Crippen LogP contribution in [0.4, 0.5) is 0 Å². The Kier molecular flexibility index (Phi) is 2.81. The summed E-state index contributed by atoms with van der Waals surface area (Å²) in [5, 5.41) is 11.2. The molecule has 0 unspecified atom stereocenters. The maximum absolute atomic E-state index is 4.08. The summed E-state index contributed by atoms with van der Waals surface area (Å²) >= 11 is 0. The molecule has 4 nitrogen and oxygen atoms in total. The van der Waals surface area contributed by atoms with Gasteiger partial charge in [0.15, 0.2) is 0 Å². The van der Waals surface area contributed by atoms with Crippen molar-refractivity contribution in [1.29, 1.82) is 0 Å². The van der Waals surface area contributed by atoms with Crippen molar-refractivity contribution in [1.82, 2.24) is 20.1 Å². The van der Waals surface area contributed by atoms with Crippen LogP contribution >= 0.6 is 0 Å². The monoisotopic (exact) mass is 168 g/mol. The summed E-state index contributed by atoms with van der Waals surface area (Å²) in [6, 6.07) is 0.434. The van der Waals surface area contributed by atoms with Crippen LogP contribution in [0.15, 0.2) is 0 Å². The highest BCUT2D eigenvalue weighted by molar-refractivity contribution is 4.95. The van der Waals surface area contributed by atoms with E-state index < -0.39 is 0 Å². The predicted octanol–water partition coefficient (Wildman–Crippen LogP) is 0.887. The summed E-state index contributed by atoms with van der Waals surface area (Å²) in [6.45, 7) is 7.02. The maximum atomic E-state index is 4.08. The van der Waals surface area contributed by atoms with Gasteiger partial charge < -0.3 is 9.88 Å². The highest BCUT2D eigenvalue weighted by Gasteiger charge is 2.09. The van der Waals surface area contributed by atoms with Gasteiger partial charge >= 0.3 is 0 Å². The van der Waals surface area contributed by atoms with Gasteiger partial charge in [-0.05, 0) is 27.8 Å². The molecular formula is C8H16N4. The van der Waals surface area contributed by atoms with E-state index in [0.717, 1.165) is 18.2 Å². The van der Waals surface area contributed by atoms with Crippen LogP contribution in [-0.2, 0) is 6.54 Å². The van der Waals surface area contributed by atoms with Gasteiger partial charge in [-0.1, -0.05) is 0 Å². The SMILES string of the molecule is CNCc1nnc(C)n1C(C)C. The van der Waals surface area contributed by atoms with E-state index >= 15 is 0 Å². The van der Waals surface area contributed by atoms with Crippen LogP contribution in [0.1, 0.15) is 31.5 Å². The summed E-state index contributed by atoms with van der Waals surface area (Å²) in [4.78, 5) is 0. The zero-order valence-electron chi connectivity index (χ0n) is 8.13. The Hall–Kier alpha value is -0.900. The lowest BCUT2D eigenvalue weighted by Crippen LogP contribution is -2.14. The van der Waals surface area contributed by atoms with Crippen molar-refractivity contribution in [3.05, 3.63) is 11.6 Å². The van der Waals surface area contributed by atoms with Crippen LogP contribution in [0.2, 0.25) is 0 Å². The molecule has 0 aromatic carbocycles. The third-order valence-electron chi connectivity index (χ3n) is 1.79. The van der Waals surface area contributed by atoms with Crippen molar-refractivity contribution in [2.75, 3.05) is 7.05 Å². The Morgan fingerprint density at radius 1 is 1.42 bits per heavy atom. The van der Waals surface area contributed by atoms with Gasteiger partial charge in [-0.2, -0.15) is 0 Å². The largest absolute Gasteiger partial charge is 0.313 e. The number of rotatable bonds is 3. The molecule has 1 aromatic rings. The summed E-state index contributed by atoms with van der Waals surface area (Å²) in [5.41, 5.74) is 0. The third kappa shape index (κ3) is 1.64. The van der Waals surface area contributed by atoms with E-state index in [1.54, 1.807) is 0 Å². The molecular weight excluding hydrogens is 152 g/mol. The zero-order chi connectivity index (χ0) is 9.14. The highest BCUT2D eigenvalue weighted by atomic mass is 15.3. The molecule has 0 aliphatic carbocycles. The van der Waals surface area contributed by atoms with Crippen LogP contribution in [0.3, 0.4) is 0 Å². The van der Waals surface area contributed by atoms with Gasteiger partial charge in [0.2, 0.25) is 0 Å². The topological polar surface area (TPSA) is 42.7 Å². The first-order chi connectivity index (χ1) is 5.66. The van der Waals surface area contributed by atoms with Gasteiger partial charge in [-0.15, -0.1) is 10.2 Å². The van der Waals surface area contributed by atoms with Crippen LogP contribution in [0, 0.1) is 6.92 Å². The van der Waals surface area contributed by atoms with Crippen LogP contribution in [-0.4, -0.2) is 21.8 Å². The van der Waals surface area contributed by atoms with Crippen molar-refractivity contribution >= 4 is 0 Å². The van der Waals surface area contributed by atoms with E-state index in [-0.39, 0.29) is 0 Å². The fourth-order valence-electron chi connectivity index (χ4n) is 1.36. The minimum absolute atomic E-state index is 0.434. The molecule has 1 aromatic heterocycles. The molecule has 1 heterocycles. The third-order valence-corrected chi connectivity index (χ3v) is 1.79. The summed E-state index contributed by atoms with van der Waals surface area (Å²) in [6.07, 6.45) is 0. The molecule has 0 aliphatic rings. The summed E-state index contributed by atoms with van der Waals surface area (Å²) in [7, 11) is 1.91. The number of aromatic nitrogens is 3. The molecule has 1 N–H and O–H groups in total. The fourth-order valence-corrected chi connectivity index (χ4v) is 1.36. The van der Waals surface area contributed by atoms with Crippen molar-refractivity contribution in [2.24, 2.45) is 0 Å². The first-order valence-electron chi connectivity index (χ1n) is 4.21. The first kappa shape index (κ1) is 9.19. The van der Waals surface area contributed by atoms with Crippen molar-refractivity contribution in [3.63, 3.8) is 0 Å². The first-order valence-corrected chi connectivity index (χ1v) is 4.21. The molecule has 4 heteroatoms. The van der Waals surface area contributed by atoms with E-state index in [4.69, 9.17) is 0 Å². The number of hydrogen-bond donors (Lipinski definition) is 1. The molecule has 0 saturated heterocycles. The van der Waals surface area contributed by atoms with Crippen LogP contribution in [0.25, 0.3) is 0 Å². The fraction of sp³-hybridized carbons (Fsp3) is 0.750. The second-order valence-electron chi connectivity index (χ2n) is 3.16. The van der Waals surface area contributed by atoms with E-state index in [2.05, 4.69) is 33.9 Å². The summed E-state index contributed by atoms with van der Waals surface area (Å²) < 4.78 is 2.14. The average molecular weight is 168 g/mol. The molecule has 0 aliphatic heterocycles.